The van der Waals surface area contributed by atoms with Crippen LogP contribution in [0.4, 0.5) is 0 Å². The lowest BCUT2D eigenvalue weighted by Crippen LogP contribution is -2.12. The van der Waals surface area contributed by atoms with Crippen LogP contribution in [-0.4, -0.2) is 20.9 Å². The third-order valence-electron chi connectivity index (χ3n) is 2.08. The number of halogens is 1. The Morgan fingerprint density at radius 3 is 3.00 bits per heavy atom. The first kappa shape index (κ1) is 8.56. The summed E-state index contributed by atoms with van der Waals surface area (Å²) in [6.07, 6.45) is 3.69. The quantitative estimate of drug-likeness (QED) is 0.805. The minimum absolute atomic E-state index is 0.0987. The van der Waals surface area contributed by atoms with Crippen molar-refractivity contribution in [3.63, 3.8) is 0 Å². The van der Waals surface area contributed by atoms with E-state index in [1.54, 1.807) is 0 Å². The summed E-state index contributed by atoms with van der Waals surface area (Å²) < 4.78 is 1.47. The highest BCUT2D eigenvalue weighted by Gasteiger charge is 2.30. The summed E-state index contributed by atoms with van der Waals surface area (Å²) in [7, 11) is 0. The predicted octanol–water partition coefficient (Wildman–Crippen LogP) is 1.50. The molecule has 1 aliphatic carbocycles. The lowest BCUT2D eigenvalue weighted by atomic mass is 10.3. The van der Waals surface area contributed by atoms with Crippen molar-refractivity contribution in [2.45, 2.75) is 25.3 Å². The first-order valence-corrected chi connectivity index (χ1v) is 4.49. The number of carboxylic acid groups (broad SMARTS) is 1. The average molecular weight is 201 g/mol. The summed E-state index contributed by atoms with van der Waals surface area (Å²) in [6, 6.07) is 0. The standard InChI is InChI=1S/C8H9ClN2O2/c9-6-3-10-11(4-7(12)13)8(6)5-1-2-5/h3,5H,1-2,4H2,(H,12,13). The summed E-state index contributed by atoms with van der Waals surface area (Å²) in [6.45, 7) is -0.0987. The first-order chi connectivity index (χ1) is 6.18. The fraction of sp³-hybridized carbons (Fsp3) is 0.500. The maximum Gasteiger partial charge on any atom is 0.325 e. The molecule has 0 aliphatic heterocycles. The molecular weight excluding hydrogens is 192 g/mol. The van der Waals surface area contributed by atoms with E-state index in [0.717, 1.165) is 18.5 Å². The number of aliphatic carboxylic acids is 1. The Bertz CT molecular complexity index is 344. The van der Waals surface area contributed by atoms with Crippen molar-refractivity contribution in [2.24, 2.45) is 0 Å². The van der Waals surface area contributed by atoms with E-state index in [9.17, 15) is 4.79 Å². The van der Waals surface area contributed by atoms with Gasteiger partial charge in [0.15, 0.2) is 0 Å². The van der Waals surface area contributed by atoms with Gasteiger partial charge < -0.3 is 5.11 Å². The highest BCUT2D eigenvalue weighted by Crippen LogP contribution is 2.42. The SMILES string of the molecule is O=C(O)Cn1ncc(Cl)c1C1CC1. The van der Waals surface area contributed by atoms with Crippen LogP contribution >= 0.6 is 11.6 Å². The van der Waals surface area contributed by atoms with Gasteiger partial charge in [0.1, 0.15) is 6.54 Å². The van der Waals surface area contributed by atoms with E-state index in [2.05, 4.69) is 5.10 Å². The second-order valence-electron chi connectivity index (χ2n) is 3.20. The van der Waals surface area contributed by atoms with Gasteiger partial charge in [0.05, 0.1) is 16.9 Å². The third kappa shape index (κ3) is 1.67. The van der Waals surface area contributed by atoms with Gasteiger partial charge in [-0.1, -0.05) is 11.6 Å². The van der Waals surface area contributed by atoms with Crippen LogP contribution in [0.1, 0.15) is 24.5 Å². The highest BCUT2D eigenvalue weighted by atomic mass is 35.5. The zero-order valence-corrected chi connectivity index (χ0v) is 7.66. The van der Waals surface area contributed by atoms with Gasteiger partial charge >= 0.3 is 5.97 Å². The number of rotatable bonds is 3. The lowest BCUT2D eigenvalue weighted by Gasteiger charge is -2.02. The molecule has 0 spiro atoms. The molecule has 1 fully saturated rings. The van der Waals surface area contributed by atoms with E-state index in [1.807, 2.05) is 0 Å². The molecule has 0 unspecified atom stereocenters. The van der Waals surface area contributed by atoms with Crippen LogP contribution in [0.5, 0.6) is 0 Å². The van der Waals surface area contributed by atoms with Crippen LogP contribution in [0.3, 0.4) is 0 Å². The van der Waals surface area contributed by atoms with Crippen molar-refractivity contribution in [1.29, 1.82) is 0 Å². The topological polar surface area (TPSA) is 55.1 Å². The van der Waals surface area contributed by atoms with E-state index >= 15 is 0 Å². The van der Waals surface area contributed by atoms with Gasteiger partial charge in [-0.25, -0.2) is 0 Å². The molecule has 2 rings (SSSR count). The number of aromatic nitrogens is 2. The molecule has 0 radical (unpaired) electrons. The minimum Gasteiger partial charge on any atom is -0.480 e. The van der Waals surface area contributed by atoms with E-state index in [0.29, 0.717) is 10.9 Å². The van der Waals surface area contributed by atoms with Crippen LogP contribution in [0.25, 0.3) is 0 Å². The van der Waals surface area contributed by atoms with E-state index < -0.39 is 5.97 Å². The Hall–Kier alpha value is -1.03. The molecule has 0 saturated heterocycles. The van der Waals surface area contributed by atoms with Crippen LogP contribution in [-0.2, 0) is 11.3 Å². The summed E-state index contributed by atoms with van der Waals surface area (Å²) in [5.74, 6) is -0.462. The summed E-state index contributed by atoms with van der Waals surface area (Å²) in [4.78, 5) is 10.5. The largest absolute Gasteiger partial charge is 0.480 e. The fourth-order valence-electron chi connectivity index (χ4n) is 1.39. The Balaban J connectivity index is 2.28. The normalized spacial score (nSPS) is 16.1. The Kier molecular flexibility index (Phi) is 2.00. The molecule has 1 aromatic rings. The average Bonchev–Trinajstić information content (AvgIpc) is 2.79. The van der Waals surface area contributed by atoms with Gasteiger partial charge in [0, 0.05) is 5.92 Å². The van der Waals surface area contributed by atoms with E-state index in [4.69, 9.17) is 16.7 Å². The van der Waals surface area contributed by atoms with Crippen molar-refractivity contribution < 1.29 is 9.90 Å². The highest BCUT2D eigenvalue weighted by molar-refractivity contribution is 6.31. The zero-order valence-electron chi connectivity index (χ0n) is 6.90. The van der Waals surface area contributed by atoms with E-state index in [1.165, 1.54) is 10.9 Å². The lowest BCUT2D eigenvalue weighted by molar-refractivity contribution is -0.137. The van der Waals surface area contributed by atoms with Crippen molar-refractivity contribution in [2.75, 3.05) is 0 Å². The zero-order chi connectivity index (χ0) is 9.42. The Morgan fingerprint density at radius 1 is 1.77 bits per heavy atom. The van der Waals surface area contributed by atoms with Crippen molar-refractivity contribution in [3.05, 3.63) is 16.9 Å². The second-order valence-corrected chi connectivity index (χ2v) is 3.61. The molecule has 1 N–H and O–H groups in total. The van der Waals surface area contributed by atoms with Gasteiger partial charge in [-0.3, -0.25) is 9.48 Å². The van der Waals surface area contributed by atoms with Gasteiger partial charge in [-0.2, -0.15) is 5.10 Å². The summed E-state index contributed by atoms with van der Waals surface area (Å²) in [5.41, 5.74) is 0.879. The van der Waals surface area contributed by atoms with Crippen molar-refractivity contribution >= 4 is 17.6 Å². The van der Waals surface area contributed by atoms with Crippen molar-refractivity contribution in [1.82, 2.24) is 9.78 Å². The first-order valence-electron chi connectivity index (χ1n) is 4.11. The molecule has 1 aliphatic rings. The molecule has 5 heteroatoms. The van der Waals surface area contributed by atoms with Crippen molar-refractivity contribution in [3.8, 4) is 0 Å². The Labute approximate surface area is 80.1 Å². The molecular formula is C8H9ClN2O2. The number of hydrogen-bond acceptors (Lipinski definition) is 2. The number of nitrogens with zero attached hydrogens (tertiary/aromatic N) is 2. The molecule has 13 heavy (non-hydrogen) atoms. The maximum absolute atomic E-state index is 10.5. The second kappa shape index (κ2) is 3.03. The predicted molar refractivity (Wildman–Crippen MR) is 46.8 cm³/mol. The molecule has 0 bridgehead atoms. The van der Waals surface area contributed by atoms with Crippen LogP contribution in [0.2, 0.25) is 5.02 Å². The fourth-order valence-corrected chi connectivity index (χ4v) is 1.68. The van der Waals surface area contributed by atoms with Gasteiger partial charge in [-0.05, 0) is 12.8 Å². The van der Waals surface area contributed by atoms with Gasteiger partial charge in [0.2, 0.25) is 0 Å². The molecule has 1 aromatic heterocycles. The molecule has 1 heterocycles. The smallest absolute Gasteiger partial charge is 0.325 e. The molecule has 0 aromatic carbocycles. The third-order valence-corrected chi connectivity index (χ3v) is 2.37. The van der Waals surface area contributed by atoms with Gasteiger partial charge in [0.25, 0.3) is 0 Å². The van der Waals surface area contributed by atoms with E-state index in [-0.39, 0.29) is 6.54 Å². The summed E-state index contributed by atoms with van der Waals surface area (Å²) >= 11 is 5.89. The molecule has 70 valence electrons. The van der Waals surface area contributed by atoms with Crippen LogP contribution < -0.4 is 0 Å². The number of carbonyl (C=O) groups is 1. The van der Waals surface area contributed by atoms with Crippen LogP contribution in [0, 0.1) is 0 Å². The molecule has 0 atom stereocenters. The Morgan fingerprint density at radius 2 is 2.46 bits per heavy atom. The van der Waals surface area contributed by atoms with Crippen LogP contribution in [0.15, 0.2) is 6.20 Å². The van der Waals surface area contributed by atoms with Gasteiger partial charge in [-0.15, -0.1) is 0 Å². The monoisotopic (exact) mass is 200 g/mol. The number of hydrogen-bond donors (Lipinski definition) is 1. The molecule has 1 saturated carbocycles. The number of carboxylic acids is 1. The maximum atomic E-state index is 10.5. The molecule has 0 amide bonds. The molecule has 4 nitrogen and oxygen atoms in total. The minimum atomic E-state index is -0.887. The summed E-state index contributed by atoms with van der Waals surface area (Å²) in [5, 5.41) is 13.1.